The highest BCUT2D eigenvalue weighted by Crippen LogP contribution is 2.17. The molecule has 0 saturated heterocycles. The van der Waals surface area contributed by atoms with Crippen LogP contribution in [0.15, 0.2) is 31.0 Å². The van der Waals surface area contributed by atoms with Gasteiger partial charge in [0.2, 0.25) is 0 Å². The lowest BCUT2D eigenvalue weighted by atomic mass is 10.00. The van der Waals surface area contributed by atoms with Crippen LogP contribution in [0.25, 0.3) is 0 Å². The Labute approximate surface area is 116 Å². The minimum absolute atomic E-state index is 0.145. The third-order valence-electron chi connectivity index (χ3n) is 3.39. The zero-order valence-corrected chi connectivity index (χ0v) is 12.1. The molecule has 2 unspecified atom stereocenters. The van der Waals surface area contributed by atoms with Crippen molar-refractivity contribution in [1.82, 2.24) is 4.98 Å². The summed E-state index contributed by atoms with van der Waals surface area (Å²) in [4.78, 5) is 6.38. The summed E-state index contributed by atoms with van der Waals surface area (Å²) in [5.74, 6) is 1.40. The standard InChI is InChI=1S/C15H25N3O/c1-5-6-12(2)13(3)17-15-8-7-14(11-16-15)18(4)9-10-19/h5,7-8,11-13,19H,1,6,9-10H2,2-4H3,(H,16,17). The Kier molecular flexibility index (Phi) is 6.36. The zero-order chi connectivity index (χ0) is 14.3. The van der Waals surface area contributed by atoms with Crippen LogP contribution in [-0.4, -0.2) is 36.3 Å². The van der Waals surface area contributed by atoms with Crippen molar-refractivity contribution in [2.24, 2.45) is 5.92 Å². The maximum absolute atomic E-state index is 8.90. The molecule has 1 rings (SSSR count). The molecular formula is C15H25N3O. The van der Waals surface area contributed by atoms with E-state index < -0.39 is 0 Å². The number of hydrogen-bond acceptors (Lipinski definition) is 4. The van der Waals surface area contributed by atoms with Gasteiger partial charge in [0.05, 0.1) is 18.5 Å². The fraction of sp³-hybridized carbons (Fsp3) is 0.533. The van der Waals surface area contributed by atoms with Crippen LogP contribution in [0.4, 0.5) is 11.5 Å². The van der Waals surface area contributed by atoms with E-state index in [1.807, 2.05) is 36.4 Å². The van der Waals surface area contributed by atoms with E-state index >= 15 is 0 Å². The second-order valence-corrected chi connectivity index (χ2v) is 4.98. The number of rotatable bonds is 8. The SMILES string of the molecule is C=CCC(C)C(C)Nc1ccc(N(C)CCO)cn1. The molecule has 0 saturated carbocycles. The smallest absolute Gasteiger partial charge is 0.126 e. The van der Waals surface area contributed by atoms with Gasteiger partial charge in [0.15, 0.2) is 0 Å². The number of nitrogens with one attached hydrogen (secondary N) is 1. The summed E-state index contributed by atoms with van der Waals surface area (Å²) in [5.41, 5.74) is 1.01. The van der Waals surface area contributed by atoms with Crippen molar-refractivity contribution in [3.05, 3.63) is 31.0 Å². The maximum Gasteiger partial charge on any atom is 0.126 e. The van der Waals surface area contributed by atoms with Crippen molar-refractivity contribution >= 4 is 11.5 Å². The molecule has 0 amide bonds. The molecule has 0 aliphatic carbocycles. The van der Waals surface area contributed by atoms with E-state index in [4.69, 9.17) is 5.11 Å². The van der Waals surface area contributed by atoms with E-state index in [0.717, 1.165) is 17.9 Å². The molecule has 19 heavy (non-hydrogen) atoms. The molecule has 0 radical (unpaired) electrons. The second kappa shape index (κ2) is 7.79. The summed E-state index contributed by atoms with van der Waals surface area (Å²) in [6.45, 7) is 8.88. The van der Waals surface area contributed by atoms with E-state index in [1.165, 1.54) is 0 Å². The predicted molar refractivity (Wildman–Crippen MR) is 81.7 cm³/mol. The first kappa shape index (κ1) is 15.5. The molecule has 0 aromatic carbocycles. The minimum Gasteiger partial charge on any atom is -0.395 e. The topological polar surface area (TPSA) is 48.4 Å². The Bertz CT molecular complexity index is 377. The Hall–Kier alpha value is -1.55. The van der Waals surface area contributed by atoms with Crippen LogP contribution in [-0.2, 0) is 0 Å². The van der Waals surface area contributed by atoms with Crippen LogP contribution in [0, 0.1) is 5.92 Å². The number of hydrogen-bond donors (Lipinski definition) is 2. The van der Waals surface area contributed by atoms with Gasteiger partial charge in [-0.25, -0.2) is 4.98 Å². The number of likely N-dealkylation sites (N-methyl/N-ethyl adjacent to an activating group) is 1. The van der Waals surface area contributed by atoms with E-state index in [0.29, 0.717) is 18.5 Å². The highest BCUT2D eigenvalue weighted by Gasteiger charge is 2.11. The number of allylic oxidation sites excluding steroid dienone is 1. The summed E-state index contributed by atoms with van der Waals surface area (Å²) in [5, 5.41) is 12.3. The first-order valence-corrected chi connectivity index (χ1v) is 6.74. The van der Waals surface area contributed by atoms with Gasteiger partial charge >= 0.3 is 0 Å². The lowest BCUT2D eigenvalue weighted by Crippen LogP contribution is -2.24. The monoisotopic (exact) mass is 263 g/mol. The van der Waals surface area contributed by atoms with E-state index in [1.54, 1.807) is 0 Å². The number of aromatic nitrogens is 1. The Morgan fingerprint density at radius 2 is 2.21 bits per heavy atom. The third-order valence-corrected chi connectivity index (χ3v) is 3.39. The van der Waals surface area contributed by atoms with Crippen molar-refractivity contribution in [3.63, 3.8) is 0 Å². The highest BCUT2D eigenvalue weighted by atomic mass is 16.3. The lowest BCUT2D eigenvalue weighted by Gasteiger charge is -2.22. The van der Waals surface area contributed by atoms with E-state index in [9.17, 15) is 0 Å². The van der Waals surface area contributed by atoms with Gasteiger partial charge in [-0.3, -0.25) is 0 Å². The van der Waals surface area contributed by atoms with Gasteiger partial charge in [-0.15, -0.1) is 6.58 Å². The number of anilines is 2. The summed E-state index contributed by atoms with van der Waals surface area (Å²) in [6.07, 6.45) is 4.76. The van der Waals surface area contributed by atoms with Crippen molar-refractivity contribution in [2.75, 3.05) is 30.4 Å². The lowest BCUT2D eigenvalue weighted by molar-refractivity contribution is 0.304. The molecule has 106 valence electrons. The zero-order valence-electron chi connectivity index (χ0n) is 12.1. The molecular weight excluding hydrogens is 238 g/mol. The van der Waals surface area contributed by atoms with Gasteiger partial charge in [0, 0.05) is 19.6 Å². The van der Waals surface area contributed by atoms with Crippen LogP contribution in [0.2, 0.25) is 0 Å². The Morgan fingerprint density at radius 1 is 1.47 bits per heavy atom. The van der Waals surface area contributed by atoms with Crippen LogP contribution in [0.5, 0.6) is 0 Å². The molecule has 0 fully saturated rings. The predicted octanol–water partition coefficient (Wildman–Crippen LogP) is 2.52. The molecule has 4 heteroatoms. The number of aliphatic hydroxyl groups excluding tert-OH is 1. The Morgan fingerprint density at radius 3 is 2.74 bits per heavy atom. The molecule has 2 atom stereocenters. The maximum atomic E-state index is 8.90. The van der Waals surface area contributed by atoms with Crippen LogP contribution >= 0.6 is 0 Å². The summed E-state index contributed by atoms with van der Waals surface area (Å²) < 4.78 is 0. The molecule has 4 nitrogen and oxygen atoms in total. The average molecular weight is 263 g/mol. The van der Waals surface area contributed by atoms with Crippen LogP contribution < -0.4 is 10.2 Å². The van der Waals surface area contributed by atoms with Gasteiger partial charge < -0.3 is 15.3 Å². The van der Waals surface area contributed by atoms with Gasteiger partial charge in [0.1, 0.15) is 5.82 Å². The molecule has 1 heterocycles. The van der Waals surface area contributed by atoms with Gasteiger partial charge in [0.25, 0.3) is 0 Å². The molecule has 0 aliphatic rings. The van der Waals surface area contributed by atoms with E-state index in [-0.39, 0.29) is 6.61 Å². The third kappa shape index (κ3) is 4.91. The van der Waals surface area contributed by atoms with Gasteiger partial charge in [-0.1, -0.05) is 13.0 Å². The summed E-state index contributed by atoms with van der Waals surface area (Å²) in [6, 6.07) is 4.34. The summed E-state index contributed by atoms with van der Waals surface area (Å²) in [7, 11) is 1.94. The molecule has 1 aromatic heterocycles. The van der Waals surface area contributed by atoms with Gasteiger partial charge in [-0.2, -0.15) is 0 Å². The highest BCUT2D eigenvalue weighted by molar-refractivity contribution is 5.49. The van der Waals surface area contributed by atoms with Crippen molar-refractivity contribution in [1.29, 1.82) is 0 Å². The quantitative estimate of drug-likeness (QED) is 0.708. The molecule has 0 aliphatic heterocycles. The molecule has 0 bridgehead atoms. The second-order valence-electron chi connectivity index (χ2n) is 4.98. The van der Waals surface area contributed by atoms with Crippen molar-refractivity contribution in [2.45, 2.75) is 26.3 Å². The van der Waals surface area contributed by atoms with Gasteiger partial charge in [-0.05, 0) is 31.4 Å². The first-order chi connectivity index (χ1) is 9.08. The Balaban J connectivity index is 2.59. The fourth-order valence-corrected chi connectivity index (χ4v) is 1.82. The van der Waals surface area contributed by atoms with Crippen molar-refractivity contribution in [3.8, 4) is 0 Å². The minimum atomic E-state index is 0.145. The number of pyridine rings is 1. The molecule has 1 aromatic rings. The van der Waals surface area contributed by atoms with E-state index in [2.05, 4.69) is 30.7 Å². The number of nitrogens with zero attached hydrogens (tertiary/aromatic N) is 2. The number of aliphatic hydroxyl groups is 1. The van der Waals surface area contributed by atoms with Crippen LogP contribution in [0.3, 0.4) is 0 Å². The molecule has 2 N–H and O–H groups in total. The largest absolute Gasteiger partial charge is 0.395 e. The molecule has 0 spiro atoms. The first-order valence-electron chi connectivity index (χ1n) is 6.74. The normalized spacial score (nSPS) is 13.7. The summed E-state index contributed by atoms with van der Waals surface area (Å²) >= 11 is 0. The van der Waals surface area contributed by atoms with Crippen molar-refractivity contribution < 1.29 is 5.11 Å². The fourth-order valence-electron chi connectivity index (χ4n) is 1.82. The van der Waals surface area contributed by atoms with Crippen LogP contribution in [0.1, 0.15) is 20.3 Å². The average Bonchev–Trinajstić information content (AvgIpc) is 2.40.